The number of nitrogens with zero attached hydrogens (tertiary/aromatic N) is 2. The normalized spacial score (nSPS) is 10.6. The number of H-pyrrole nitrogens is 1. The monoisotopic (exact) mass is 205 g/mol. The summed E-state index contributed by atoms with van der Waals surface area (Å²) in [6.07, 6.45) is 0. The van der Waals surface area contributed by atoms with Gasteiger partial charge in [-0.05, 0) is 19.1 Å². The first kappa shape index (κ1) is 10.3. The molecule has 0 saturated carbocycles. The highest BCUT2D eigenvalue weighted by molar-refractivity contribution is 7.71. The summed E-state index contributed by atoms with van der Waals surface area (Å²) >= 11 is 4.91. The Hall–Kier alpha value is -0.750. The molecule has 0 fully saturated rings. The summed E-state index contributed by atoms with van der Waals surface area (Å²) in [4.78, 5) is 0. The van der Waals surface area contributed by atoms with Gasteiger partial charge in [-0.25, -0.2) is 4.39 Å². The molecule has 1 heterocycles. The van der Waals surface area contributed by atoms with Gasteiger partial charge < -0.3 is 4.74 Å². The third-order valence-corrected chi connectivity index (χ3v) is 1.89. The number of alkyl halides is 1. The summed E-state index contributed by atoms with van der Waals surface area (Å²) in [6.45, 7) is 2.64. The summed E-state index contributed by atoms with van der Waals surface area (Å²) in [5.74, 6) is 0.643. The maximum Gasteiger partial charge on any atom is 0.195 e. The van der Waals surface area contributed by atoms with Crippen LogP contribution in [0.15, 0.2) is 0 Å². The molecule has 1 aromatic heterocycles. The van der Waals surface area contributed by atoms with Crippen molar-refractivity contribution in [3.63, 3.8) is 0 Å². The zero-order valence-corrected chi connectivity index (χ0v) is 8.23. The van der Waals surface area contributed by atoms with Gasteiger partial charge in [-0.2, -0.15) is 5.10 Å². The Morgan fingerprint density at radius 3 is 3.08 bits per heavy atom. The zero-order chi connectivity index (χ0) is 9.68. The van der Waals surface area contributed by atoms with Crippen molar-refractivity contribution in [2.45, 2.75) is 20.1 Å². The van der Waals surface area contributed by atoms with Crippen molar-refractivity contribution in [1.29, 1.82) is 0 Å². The van der Waals surface area contributed by atoms with Crippen LogP contribution < -0.4 is 0 Å². The first-order valence-corrected chi connectivity index (χ1v) is 4.48. The first-order valence-electron chi connectivity index (χ1n) is 4.07. The van der Waals surface area contributed by atoms with Gasteiger partial charge >= 0.3 is 0 Å². The fourth-order valence-corrected chi connectivity index (χ4v) is 1.21. The van der Waals surface area contributed by atoms with E-state index in [4.69, 9.17) is 17.0 Å². The number of nitrogens with one attached hydrogen (secondary N) is 1. The lowest BCUT2D eigenvalue weighted by Crippen LogP contribution is -2.07. The van der Waals surface area contributed by atoms with Crippen molar-refractivity contribution in [3.8, 4) is 0 Å². The molecule has 0 atom stereocenters. The third kappa shape index (κ3) is 2.60. The Balaban J connectivity index is 2.74. The van der Waals surface area contributed by atoms with Gasteiger partial charge in [0.05, 0.1) is 6.54 Å². The fraction of sp³-hybridized carbons (Fsp3) is 0.714. The molecule has 0 aliphatic rings. The average molecular weight is 205 g/mol. The van der Waals surface area contributed by atoms with E-state index < -0.39 is 6.67 Å². The van der Waals surface area contributed by atoms with E-state index in [0.29, 0.717) is 23.8 Å². The van der Waals surface area contributed by atoms with Gasteiger partial charge in [0.1, 0.15) is 13.3 Å². The summed E-state index contributed by atoms with van der Waals surface area (Å²) < 4.78 is 19.3. The van der Waals surface area contributed by atoms with E-state index in [1.54, 1.807) is 4.57 Å². The van der Waals surface area contributed by atoms with Crippen LogP contribution in [-0.2, 0) is 17.9 Å². The molecule has 0 radical (unpaired) electrons. The summed E-state index contributed by atoms with van der Waals surface area (Å²) in [7, 11) is 0. The minimum Gasteiger partial charge on any atom is -0.374 e. The Kier molecular flexibility index (Phi) is 4.04. The van der Waals surface area contributed by atoms with Crippen LogP contribution in [0.2, 0.25) is 0 Å². The van der Waals surface area contributed by atoms with Crippen LogP contribution in [0.4, 0.5) is 4.39 Å². The van der Waals surface area contributed by atoms with E-state index in [2.05, 4.69) is 10.2 Å². The number of halogens is 1. The summed E-state index contributed by atoms with van der Waals surface area (Å²) in [6, 6.07) is 0. The van der Waals surface area contributed by atoms with E-state index in [1.165, 1.54) is 0 Å². The van der Waals surface area contributed by atoms with E-state index in [0.717, 1.165) is 0 Å². The Morgan fingerprint density at radius 2 is 2.46 bits per heavy atom. The van der Waals surface area contributed by atoms with Crippen LogP contribution >= 0.6 is 12.2 Å². The largest absolute Gasteiger partial charge is 0.374 e. The van der Waals surface area contributed by atoms with Crippen molar-refractivity contribution in [3.05, 3.63) is 10.6 Å². The molecular formula is C7H12FN3OS. The molecule has 0 aliphatic carbocycles. The van der Waals surface area contributed by atoms with Crippen LogP contribution in [0, 0.1) is 4.77 Å². The van der Waals surface area contributed by atoms with Crippen molar-refractivity contribution in [1.82, 2.24) is 14.8 Å². The lowest BCUT2D eigenvalue weighted by atomic mass is 10.6. The van der Waals surface area contributed by atoms with E-state index in [1.807, 2.05) is 6.92 Å². The van der Waals surface area contributed by atoms with Gasteiger partial charge in [0.25, 0.3) is 0 Å². The van der Waals surface area contributed by atoms with E-state index in [-0.39, 0.29) is 6.54 Å². The molecule has 1 rings (SSSR count). The van der Waals surface area contributed by atoms with Crippen molar-refractivity contribution in [2.24, 2.45) is 0 Å². The molecule has 0 aliphatic heterocycles. The predicted molar refractivity (Wildman–Crippen MR) is 48.7 cm³/mol. The standard InChI is InChI=1S/C7H12FN3OS/c1-2-12-5-6-9-10-7(13)11(6)4-3-8/h2-5H2,1H3,(H,10,13). The molecule has 0 unspecified atom stereocenters. The molecule has 0 bridgehead atoms. The number of rotatable bonds is 5. The molecule has 1 N–H and O–H groups in total. The number of aromatic nitrogens is 3. The molecule has 6 heteroatoms. The van der Waals surface area contributed by atoms with Crippen molar-refractivity contribution >= 4 is 12.2 Å². The van der Waals surface area contributed by atoms with Crippen LogP contribution in [0.1, 0.15) is 12.7 Å². The topological polar surface area (TPSA) is 42.8 Å². The predicted octanol–water partition coefficient (Wildman–Crippen LogP) is 1.45. The quantitative estimate of drug-likeness (QED) is 0.740. The van der Waals surface area contributed by atoms with Gasteiger partial charge in [0.2, 0.25) is 0 Å². The maximum atomic E-state index is 12.1. The zero-order valence-electron chi connectivity index (χ0n) is 7.42. The van der Waals surface area contributed by atoms with Gasteiger partial charge in [-0.3, -0.25) is 9.67 Å². The average Bonchev–Trinajstić information content (AvgIpc) is 2.46. The summed E-state index contributed by atoms with van der Waals surface area (Å²) in [5, 5.41) is 6.53. The highest BCUT2D eigenvalue weighted by atomic mass is 32.1. The molecule has 13 heavy (non-hydrogen) atoms. The van der Waals surface area contributed by atoms with E-state index >= 15 is 0 Å². The molecular weight excluding hydrogens is 193 g/mol. The molecule has 1 aromatic rings. The van der Waals surface area contributed by atoms with Crippen LogP contribution in [-0.4, -0.2) is 28.0 Å². The lowest BCUT2D eigenvalue weighted by molar-refractivity contribution is 0.125. The minimum atomic E-state index is -0.451. The maximum absolute atomic E-state index is 12.1. The Morgan fingerprint density at radius 1 is 1.69 bits per heavy atom. The summed E-state index contributed by atoms with van der Waals surface area (Å²) in [5.41, 5.74) is 0. The smallest absolute Gasteiger partial charge is 0.195 e. The minimum absolute atomic E-state index is 0.234. The number of aromatic amines is 1. The molecule has 74 valence electrons. The second-order valence-electron chi connectivity index (χ2n) is 2.42. The van der Waals surface area contributed by atoms with Crippen molar-refractivity contribution < 1.29 is 9.13 Å². The Labute approximate surface area is 80.7 Å². The number of hydrogen-bond acceptors (Lipinski definition) is 3. The highest BCUT2D eigenvalue weighted by Gasteiger charge is 2.04. The molecule has 0 saturated heterocycles. The second kappa shape index (κ2) is 5.08. The van der Waals surface area contributed by atoms with E-state index in [9.17, 15) is 4.39 Å². The van der Waals surface area contributed by atoms with Gasteiger partial charge in [-0.15, -0.1) is 0 Å². The fourth-order valence-electron chi connectivity index (χ4n) is 0.969. The molecule has 0 aromatic carbocycles. The van der Waals surface area contributed by atoms with Crippen LogP contribution in [0.3, 0.4) is 0 Å². The van der Waals surface area contributed by atoms with Gasteiger partial charge in [-0.1, -0.05) is 0 Å². The van der Waals surface area contributed by atoms with Crippen LogP contribution in [0.25, 0.3) is 0 Å². The highest BCUT2D eigenvalue weighted by Crippen LogP contribution is 2.00. The number of ether oxygens (including phenoxy) is 1. The van der Waals surface area contributed by atoms with Gasteiger partial charge in [0, 0.05) is 6.61 Å². The van der Waals surface area contributed by atoms with Crippen molar-refractivity contribution in [2.75, 3.05) is 13.3 Å². The molecule has 4 nitrogen and oxygen atoms in total. The SMILES string of the molecule is CCOCc1n[nH]c(=S)n1CCF. The molecule has 0 spiro atoms. The molecule has 0 amide bonds. The van der Waals surface area contributed by atoms with Crippen LogP contribution in [0.5, 0.6) is 0 Å². The lowest BCUT2D eigenvalue weighted by Gasteiger charge is -2.03. The third-order valence-electron chi connectivity index (χ3n) is 1.58. The first-order chi connectivity index (χ1) is 6.29. The van der Waals surface area contributed by atoms with Gasteiger partial charge in [0.15, 0.2) is 10.6 Å². The Bertz CT molecular complexity index is 309. The number of hydrogen-bond donors (Lipinski definition) is 1. The second-order valence-corrected chi connectivity index (χ2v) is 2.81.